The maximum Gasteiger partial charge on any atom is 0.334 e. The minimum Gasteiger partial charge on any atom is -0.455 e. The summed E-state index contributed by atoms with van der Waals surface area (Å²) < 4.78 is 5.41. The summed E-state index contributed by atoms with van der Waals surface area (Å²) >= 11 is 0. The predicted octanol–water partition coefficient (Wildman–Crippen LogP) is 4.25. The number of allylic oxidation sites excluding steroid dienone is 5. The molecule has 1 heterocycles. The molecule has 2 rings (SSSR count). The third-order valence-corrected chi connectivity index (χ3v) is 4.88. The Morgan fingerprint density at radius 2 is 1.70 bits per heavy atom. The minimum atomic E-state index is -0.760. The lowest BCUT2D eigenvalue weighted by molar-refractivity contribution is -0.142. The highest BCUT2D eigenvalue weighted by molar-refractivity contribution is 5.91. The second kappa shape index (κ2) is 7.78. The van der Waals surface area contributed by atoms with Gasteiger partial charge in [-0.3, -0.25) is 0 Å². The number of hydrogen-bond donors (Lipinski definition) is 1. The summed E-state index contributed by atoms with van der Waals surface area (Å²) in [5.41, 5.74) is 4.03. The van der Waals surface area contributed by atoms with E-state index in [9.17, 15) is 9.90 Å². The van der Waals surface area contributed by atoms with Crippen molar-refractivity contribution >= 4 is 5.97 Å². The molecule has 3 heteroatoms. The van der Waals surface area contributed by atoms with E-state index in [1.165, 1.54) is 11.1 Å². The van der Waals surface area contributed by atoms with E-state index in [1.54, 1.807) is 0 Å². The molecule has 2 aliphatic rings. The predicted molar refractivity (Wildman–Crippen MR) is 92.9 cm³/mol. The van der Waals surface area contributed by atoms with Crippen molar-refractivity contribution in [3.63, 3.8) is 0 Å². The number of rotatable bonds is 0. The van der Waals surface area contributed by atoms with Crippen LogP contribution in [0.15, 0.2) is 47.1 Å². The molecule has 3 nitrogen and oxygen atoms in total. The third kappa shape index (κ3) is 4.44. The van der Waals surface area contributed by atoms with Crippen LogP contribution in [0.4, 0.5) is 0 Å². The summed E-state index contributed by atoms with van der Waals surface area (Å²) in [6, 6.07) is 0. The zero-order valence-corrected chi connectivity index (χ0v) is 14.5. The summed E-state index contributed by atoms with van der Waals surface area (Å²) in [5, 5.41) is 10.6. The summed E-state index contributed by atoms with van der Waals surface area (Å²) in [4.78, 5) is 11.9. The molecule has 126 valence electrons. The number of carbonyl (C=O) groups is 1. The second-order valence-corrected chi connectivity index (χ2v) is 6.81. The van der Waals surface area contributed by atoms with E-state index < -0.39 is 12.2 Å². The molecule has 1 aliphatic carbocycles. The van der Waals surface area contributed by atoms with Gasteiger partial charge in [-0.1, -0.05) is 36.0 Å². The van der Waals surface area contributed by atoms with Crippen LogP contribution in [-0.2, 0) is 9.53 Å². The molecule has 0 unspecified atom stereocenters. The molecular weight excluding hydrogens is 288 g/mol. The van der Waals surface area contributed by atoms with Crippen molar-refractivity contribution in [1.29, 1.82) is 0 Å². The maximum atomic E-state index is 11.9. The Labute approximate surface area is 139 Å². The van der Waals surface area contributed by atoms with Gasteiger partial charge in [0.05, 0.1) is 0 Å². The fourth-order valence-electron chi connectivity index (χ4n) is 3.18. The first kappa shape index (κ1) is 17.7. The van der Waals surface area contributed by atoms with Gasteiger partial charge in [-0.05, 0) is 58.4 Å². The molecular formula is C20H28O3. The largest absolute Gasteiger partial charge is 0.455 e. The molecule has 0 amide bonds. The van der Waals surface area contributed by atoms with Crippen LogP contribution in [0.25, 0.3) is 0 Å². The van der Waals surface area contributed by atoms with E-state index in [1.807, 2.05) is 6.92 Å². The highest BCUT2D eigenvalue weighted by Gasteiger charge is 2.42. The van der Waals surface area contributed by atoms with Gasteiger partial charge in [-0.25, -0.2) is 4.79 Å². The van der Waals surface area contributed by atoms with Crippen molar-refractivity contribution < 1.29 is 14.6 Å². The van der Waals surface area contributed by atoms with E-state index in [-0.39, 0.29) is 11.9 Å². The Hall–Kier alpha value is -1.61. The van der Waals surface area contributed by atoms with Gasteiger partial charge in [0.15, 0.2) is 0 Å². The van der Waals surface area contributed by atoms with E-state index in [0.717, 1.165) is 31.3 Å². The van der Waals surface area contributed by atoms with Crippen molar-refractivity contribution in [2.24, 2.45) is 5.92 Å². The van der Waals surface area contributed by atoms with Crippen LogP contribution < -0.4 is 0 Å². The Bertz CT molecular complexity index is 565. The van der Waals surface area contributed by atoms with Gasteiger partial charge in [0.2, 0.25) is 0 Å². The van der Waals surface area contributed by atoms with Gasteiger partial charge >= 0.3 is 5.97 Å². The van der Waals surface area contributed by atoms with Crippen molar-refractivity contribution in [2.75, 3.05) is 0 Å². The lowest BCUT2D eigenvalue weighted by atomic mass is 9.87. The monoisotopic (exact) mass is 316 g/mol. The number of aliphatic hydroxyl groups is 1. The average molecular weight is 316 g/mol. The summed E-state index contributed by atoms with van der Waals surface area (Å²) in [7, 11) is 0. The van der Waals surface area contributed by atoms with Crippen LogP contribution in [0, 0.1) is 5.92 Å². The van der Waals surface area contributed by atoms with Gasteiger partial charge in [0.1, 0.15) is 12.2 Å². The SMILES string of the molecule is C=C1C(=O)O[C@@H]2[C@@H]1C/C=C(\C)CC/C=C(/C)CC/C=C(\C)[C@@H]2O. The number of hydrogen-bond acceptors (Lipinski definition) is 3. The summed E-state index contributed by atoms with van der Waals surface area (Å²) in [6.07, 6.45) is 9.88. The summed E-state index contributed by atoms with van der Waals surface area (Å²) in [5.74, 6) is -0.518. The molecule has 3 atom stereocenters. The highest BCUT2D eigenvalue weighted by Crippen LogP contribution is 2.34. The first-order valence-electron chi connectivity index (χ1n) is 8.46. The van der Waals surface area contributed by atoms with E-state index >= 15 is 0 Å². The highest BCUT2D eigenvalue weighted by atomic mass is 16.6. The molecule has 0 saturated carbocycles. The van der Waals surface area contributed by atoms with Crippen LogP contribution >= 0.6 is 0 Å². The molecule has 23 heavy (non-hydrogen) atoms. The zero-order valence-electron chi connectivity index (χ0n) is 14.5. The average Bonchev–Trinajstić information content (AvgIpc) is 2.79. The molecule has 0 spiro atoms. The van der Waals surface area contributed by atoms with E-state index in [4.69, 9.17) is 4.74 Å². The Morgan fingerprint density at radius 3 is 2.39 bits per heavy atom. The first-order chi connectivity index (χ1) is 10.9. The molecule has 1 fully saturated rings. The summed E-state index contributed by atoms with van der Waals surface area (Å²) in [6.45, 7) is 10.1. The van der Waals surface area contributed by atoms with E-state index in [0.29, 0.717) is 12.0 Å². The van der Waals surface area contributed by atoms with Crippen LogP contribution in [-0.4, -0.2) is 23.3 Å². The lowest BCUT2D eigenvalue weighted by Crippen LogP contribution is -2.32. The van der Waals surface area contributed by atoms with Gasteiger partial charge < -0.3 is 9.84 Å². The third-order valence-electron chi connectivity index (χ3n) is 4.88. The number of aliphatic hydroxyl groups excluding tert-OH is 1. The molecule has 0 bridgehead atoms. The molecule has 1 aliphatic heterocycles. The standard InChI is InChI=1S/C20H28O3/c1-13-7-5-8-14(2)11-12-17-16(4)20(22)23-19(17)18(21)15(3)10-6-9-13/h7,10-11,17-19,21H,4-6,8-9,12H2,1-3H3/b13-7-,14-11+,15-10+/t17-,18+,19-/m1/s1. The molecule has 0 radical (unpaired) electrons. The van der Waals surface area contributed by atoms with Gasteiger partial charge in [0, 0.05) is 11.5 Å². The first-order valence-corrected chi connectivity index (χ1v) is 8.46. The Kier molecular flexibility index (Phi) is 6.00. The van der Waals surface area contributed by atoms with Gasteiger partial charge in [-0.2, -0.15) is 0 Å². The quantitative estimate of drug-likeness (QED) is 0.413. The van der Waals surface area contributed by atoms with Crippen molar-refractivity contribution in [3.8, 4) is 0 Å². The number of esters is 1. The molecule has 1 N–H and O–H groups in total. The van der Waals surface area contributed by atoms with Crippen molar-refractivity contribution in [1.82, 2.24) is 0 Å². The number of carbonyl (C=O) groups excluding carboxylic acids is 1. The van der Waals surface area contributed by atoms with Crippen LogP contribution in [0.5, 0.6) is 0 Å². The lowest BCUT2D eigenvalue weighted by Gasteiger charge is -2.23. The molecule has 0 aromatic rings. The fraction of sp³-hybridized carbons (Fsp3) is 0.550. The van der Waals surface area contributed by atoms with Crippen LogP contribution in [0.2, 0.25) is 0 Å². The Balaban J connectivity index is 2.27. The maximum absolute atomic E-state index is 11.9. The smallest absolute Gasteiger partial charge is 0.334 e. The van der Waals surface area contributed by atoms with Crippen LogP contribution in [0.1, 0.15) is 52.9 Å². The minimum absolute atomic E-state index is 0.143. The molecule has 0 aromatic heterocycles. The fourth-order valence-corrected chi connectivity index (χ4v) is 3.18. The Morgan fingerprint density at radius 1 is 1.09 bits per heavy atom. The topological polar surface area (TPSA) is 46.5 Å². The molecule has 1 saturated heterocycles. The number of fused-ring (bicyclic) bond motifs is 1. The number of ether oxygens (including phenoxy) is 1. The van der Waals surface area contributed by atoms with Gasteiger partial charge in [0.25, 0.3) is 0 Å². The van der Waals surface area contributed by atoms with E-state index in [2.05, 4.69) is 38.7 Å². The van der Waals surface area contributed by atoms with Crippen molar-refractivity contribution in [3.05, 3.63) is 47.1 Å². The second-order valence-electron chi connectivity index (χ2n) is 6.81. The van der Waals surface area contributed by atoms with Gasteiger partial charge in [-0.15, -0.1) is 0 Å². The van der Waals surface area contributed by atoms with Crippen LogP contribution in [0.3, 0.4) is 0 Å². The molecule has 0 aromatic carbocycles. The van der Waals surface area contributed by atoms with Crippen molar-refractivity contribution in [2.45, 2.75) is 65.1 Å². The zero-order chi connectivity index (χ0) is 17.0. The normalized spacial score (nSPS) is 37.4.